The molecule has 39 heavy (non-hydrogen) atoms. The quantitative estimate of drug-likeness (QED) is 0.319. The SMILES string of the molecule is CN(C)c1cccc(-c2cnc(N3CCC(CCOc4cc(Cl)cc(CC(=O)O)c4)(N4CCCC4)CC3)s2)c1. The summed E-state index contributed by atoms with van der Waals surface area (Å²) in [6.07, 6.45) is 7.52. The Morgan fingerprint density at radius 2 is 1.90 bits per heavy atom. The molecule has 2 aliphatic heterocycles. The third-order valence-corrected chi connectivity index (χ3v) is 9.33. The molecule has 3 aromatic rings. The number of carbonyl (C=O) groups is 1. The summed E-state index contributed by atoms with van der Waals surface area (Å²) >= 11 is 8.01. The zero-order chi connectivity index (χ0) is 27.4. The number of ether oxygens (including phenoxy) is 1. The average Bonchev–Trinajstić information content (AvgIpc) is 3.62. The Hall–Kier alpha value is -2.81. The summed E-state index contributed by atoms with van der Waals surface area (Å²) in [5.74, 6) is -0.237. The molecule has 0 spiro atoms. The van der Waals surface area contributed by atoms with Gasteiger partial charge in [0.15, 0.2) is 5.13 Å². The maximum absolute atomic E-state index is 11.1. The van der Waals surface area contributed by atoms with Crippen LogP contribution in [0.3, 0.4) is 0 Å². The summed E-state index contributed by atoms with van der Waals surface area (Å²) in [6, 6.07) is 13.9. The summed E-state index contributed by atoms with van der Waals surface area (Å²) in [6.45, 7) is 4.81. The second kappa shape index (κ2) is 12.1. The number of hydrogen-bond acceptors (Lipinski definition) is 7. The van der Waals surface area contributed by atoms with Gasteiger partial charge in [0.05, 0.1) is 17.9 Å². The molecule has 2 aliphatic rings. The number of carboxylic acid groups (broad SMARTS) is 1. The summed E-state index contributed by atoms with van der Waals surface area (Å²) in [5.41, 5.74) is 3.16. The minimum atomic E-state index is -0.877. The minimum Gasteiger partial charge on any atom is -0.493 e. The standard InChI is InChI=1S/C30H37ClN4O3S/c1-33(2)25-7-5-6-23(19-25)27-21-32-29(39-27)34-13-8-30(9-14-34,35-11-3-4-12-35)10-15-38-26-17-22(18-28(36)37)16-24(31)20-26/h5-7,16-17,19-21H,3-4,8-15,18H2,1-2H3,(H,36,37). The van der Waals surface area contributed by atoms with Crippen molar-refractivity contribution in [2.45, 2.75) is 44.1 Å². The number of likely N-dealkylation sites (tertiary alicyclic amines) is 1. The maximum Gasteiger partial charge on any atom is 0.307 e. The van der Waals surface area contributed by atoms with Crippen LogP contribution in [-0.4, -0.2) is 73.4 Å². The van der Waals surface area contributed by atoms with E-state index in [2.05, 4.69) is 53.1 Å². The third-order valence-electron chi connectivity index (χ3n) is 8.00. The van der Waals surface area contributed by atoms with Crippen LogP contribution in [0.2, 0.25) is 5.02 Å². The van der Waals surface area contributed by atoms with Gasteiger partial charge in [-0.2, -0.15) is 0 Å². The molecule has 0 saturated carbocycles. The number of piperidine rings is 1. The van der Waals surface area contributed by atoms with E-state index in [1.54, 1.807) is 29.5 Å². The van der Waals surface area contributed by atoms with Gasteiger partial charge in [0.2, 0.25) is 0 Å². The number of halogens is 1. The summed E-state index contributed by atoms with van der Waals surface area (Å²) in [4.78, 5) is 24.4. The van der Waals surface area contributed by atoms with E-state index in [1.165, 1.54) is 29.0 Å². The van der Waals surface area contributed by atoms with Gasteiger partial charge in [-0.25, -0.2) is 4.98 Å². The van der Waals surface area contributed by atoms with Gasteiger partial charge in [-0.3, -0.25) is 9.69 Å². The first-order valence-electron chi connectivity index (χ1n) is 13.7. The van der Waals surface area contributed by atoms with E-state index in [1.807, 2.05) is 6.20 Å². The van der Waals surface area contributed by atoms with Gasteiger partial charge in [-0.15, -0.1) is 0 Å². The number of anilines is 2. The smallest absolute Gasteiger partial charge is 0.307 e. The molecule has 9 heteroatoms. The Morgan fingerprint density at radius 1 is 1.13 bits per heavy atom. The van der Waals surface area contributed by atoms with Crippen LogP contribution in [0.25, 0.3) is 10.4 Å². The largest absolute Gasteiger partial charge is 0.493 e. The Morgan fingerprint density at radius 3 is 2.62 bits per heavy atom. The van der Waals surface area contributed by atoms with Crippen LogP contribution in [0.1, 0.15) is 37.7 Å². The normalized spacial score (nSPS) is 17.4. The number of nitrogens with zero attached hydrogens (tertiary/aromatic N) is 4. The van der Waals surface area contributed by atoms with E-state index in [9.17, 15) is 4.79 Å². The predicted octanol–water partition coefficient (Wildman–Crippen LogP) is 6.06. The maximum atomic E-state index is 11.1. The average molecular weight is 569 g/mol. The van der Waals surface area contributed by atoms with Gasteiger partial charge in [0.1, 0.15) is 5.75 Å². The highest BCUT2D eigenvalue weighted by Gasteiger charge is 2.41. The lowest BCUT2D eigenvalue weighted by Gasteiger charge is -2.47. The molecule has 3 heterocycles. The van der Waals surface area contributed by atoms with Crippen molar-refractivity contribution in [2.75, 3.05) is 56.7 Å². The van der Waals surface area contributed by atoms with Crippen molar-refractivity contribution in [1.29, 1.82) is 0 Å². The van der Waals surface area contributed by atoms with Crippen molar-refractivity contribution >= 4 is 39.7 Å². The molecular formula is C30H37ClN4O3S. The molecular weight excluding hydrogens is 532 g/mol. The Kier molecular flexibility index (Phi) is 8.64. The van der Waals surface area contributed by atoms with Gasteiger partial charge in [0.25, 0.3) is 0 Å². The second-order valence-electron chi connectivity index (χ2n) is 10.8. The lowest BCUT2D eigenvalue weighted by atomic mass is 9.83. The zero-order valence-electron chi connectivity index (χ0n) is 22.7. The molecule has 5 rings (SSSR count). The number of benzene rings is 2. The summed E-state index contributed by atoms with van der Waals surface area (Å²) < 4.78 is 6.16. The van der Waals surface area contributed by atoms with Crippen molar-refractivity contribution in [1.82, 2.24) is 9.88 Å². The predicted molar refractivity (Wildman–Crippen MR) is 160 cm³/mol. The first kappa shape index (κ1) is 27.7. The van der Waals surface area contributed by atoms with E-state index in [0.717, 1.165) is 50.6 Å². The highest BCUT2D eigenvalue weighted by Crippen LogP contribution is 2.39. The molecule has 1 aromatic heterocycles. The molecule has 2 saturated heterocycles. The summed E-state index contributed by atoms with van der Waals surface area (Å²) in [7, 11) is 4.13. The highest BCUT2D eigenvalue weighted by atomic mass is 35.5. The number of thiazole rings is 1. The van der Waals surface area contributed by atoms with Crippen LogP contribution in [0.5, 0.6) is 5.75 Å². The van der Waals surface area contributed by atoms with E-state index in [0.29, 0.717) is 22.9 Å². The Labute approximate surface area is 240 Å². The molecule has 208 valence electrons. The third kappa shape index (κ3) is 6.68. The molecule has 0 amide bonds. The number of rotatable bonds is 10. The van der Waals surface area contributed by atoms with Crippen LogP contribution in [0, 0.1) is 0 Å². The molecule has 0 atom stereocenters. The lowest BCUT2D eigenvalue weighted by molar-refractivity contribution is -0.136. The van der Waals surface area contributed by atoms with Crippen molar-refractivity contribution < 1.29 is 14.6 Å². The number of aromatic nitrogens is 1. The van der Waals surface area contributed by atoms with Crippen molar-refractivity contribution in [3.8, 4) is 16.2 Å². The molecule has 0 radical (unpaired) electrons. The molecule has 2 aromatic carbocycles. The Bertz CT molecular complexity index is 1280. The highest BCUT2D eigenvalue weighted by molar-refractivity contribution is 7.18. The minimum absolute atomic E-state index is 0.0654. The van der Waals surface area contributed by atoms with Crippen molar-refractivity contribution in [2.24, 2.45) is 0 Å². The van der Waals surface area contributed by atoms with Gasteiger partial charge < -0.3 is 19.6 Å². The number of aliphatic carboxylic acids is 1. The van der Waals surface area contributed by atoms with Gasteiger partial charge in [-0.05, 0) is 86.7 Å². The molecule has 0 aliphatic carbocycles. The first-order valence-corrected chi connectivity index (χ1v) is 14.9. The number of hydrogen-bond donors (Lipinski definition) is 1. The van der Waals surface area contributed by atoms with Crippen LogP contribution in [0.15, 0.2) is 48.7 Å². The lowest BCUT2D eigenvalue weighted by Crippen LogP contribution is -2.55. The molecule has 1 N–H and O–H groups in total. The Balaban J connectivity index is 1.24. The fraction of sp³-hybridized carbons (Fsp3) is 0.467. The van der Waals surface area contributed by atoms with Crippen LogP contribution in [0.4, 0.5) is 10.8 Å². The topological polar surface area (TPSA) is 69.1 Å². The van der Waals surface area contributed by atoms with E-state index in [-0.39, 0.29) is 12.0 Å². The monoisotopic (exact) mass is 568 g/mol. The van der Waals surface area contributed by atoms with Crippen LogP contribution in [-0.2, 0) is 11.2 Å². The molecule has 0 bridgehead atoms. The zero-order valence-corrected chi connectivity index (χ0v) is 24.3. The van der Waals surface area contributed by atoms with Gasteiger partial charge in [-0.1, -0.05) is 35.1 Å². The second-order valence-corrected chi connectivity index (χ2v) is 12.3. The van der Waals surface area contributed by atoms with E-state index < -0.39 is 5.97 Å². The van der Waals surface area contributed by atoms with Crippen molar-refractivity contribution in [3.63, 3.8) is 0 Å². The van der Waals surface area contributed by atoms with E-state index in [4.69, 9.17) is 26.4 Å². The summed E-state index contributed by atoms with van der Waals surface area (Å²) in [5, 5.41) is 10.7. The fourth-order valence-electron chi connectivity index (χ4n) is 5.85. The van der Waals surface area contributed by atoms with E-state index >= 15 is 0 Å². The first-order chi connectivity index (χ1) is 18.8. The molecule has 7 nitrogen and oxygen atoms in total. The molecule has 2 fully saturated rings. The fourth-order valence-corrected chi connectivity index (χ4v) is 7.06. The van der Waals surface area contributed by atoms with Gasteiger partial charge >= 0.3 is 5.97 Å². The number of carboxylic acids is 1. The molecule has 0 unspecified atom stereocenters. The van der Waals surface area contributed by atoms with Crippen LogP contribution < -0.4 is 14.5 Å². The van der Waals surface area contributed by atoms with Gasteiger partial charge in [0, 0.05) is 49.6 Å². The van der Waals surface area contributed by atoms with Crippen molar-refractivity contribution in [3.05, 3.63) is 59.2 Å². The van der Waals surface area contributed by atoms with Crippen LogP contribution >= 0.6 is 22.9 Å².